The normalized spacial score (nSPS) is 21.6. The Balaban J connectivity index is 1.97. The number of likely N-dealkylation sites (N-methyl/N-ethyl adjacent to an activating group) is 1. The van der Waals surface area contributed by atoms with Crippen LogP contribution < -0.4 is 0 Å². The van der Waals surface area contributed by atoms with Crippen LogP contribution in [-0.4, -0.2) is 29.7 Å². The smallest absolute Gasteiger partial charge is 0.223 e. The van der Waals surface area contributed by atoms with Gasteiger partial charge in [0.15, 0.2) is 5.78 Å². The molecule has 0 spiro atoms. The average Bonchev–Trinajstić information content (AvgIpc) is 2.84. The van der Waals surface area contributed by atoms with Crippen LogP contribution in [0, 0.1) is 0 Å². The van der Waals surface area contributed by atoms with E-state index in [2.05, 4.69) is 0 Å². The fourth-order valence-corrected chi connectivity index (χ4v) is 3.00. The van der Waals surface area contributed by atoms with Gasteiger partial charge in [-0.05, 0) is 5.56 Å². The van der Waals surface area contributed by atoms with Crippen molar-refractivity contribution in [1.29, 1.82) is 0 Å². The molecular formula is C18H17NO2. The van der Waals surface area contributed by atoms with Crippen molar-refractivity contribution in [1.82, 2.24) is 4.90 Å². The summed E-state index contributed by atoms with van der Waals surface area (Å²) < 4.78 is 0. The van der Waals surface area contributed by atoms with Crippen LogP contribution in [0.3, 0.4) is 0 Å². The van der Waals surface area contributed by atoms with Crippen molar-refractivity contribution in [3.05, 3.63) is 71.8 Å². The number of amides is 1. The summed E-state index contributed by atoms with van der Waals surface area (Å²) in [5.74, 6) is -0.0349. The number of likely N-dealkylation sites (tertiary alicyclic amines) is 1. The topological polar surface area (TPSA) is 37.4 Å². The maximum atomic E-state index is 12.8. The molecule has 0 aromatic heterocycles. The number of rotatable bonds is 3. The summed E-state index contributed by atoms with van der Waals surface area (Å²) in [5, 5.41) is 0. The molecule has 1 heterocycles. The Morgan fingerprint density at radius 2 is 1.57 bits per heavy atom. The van der Waals surface area contributed by atoms with Crippen LogP contribution in [0.4, 0.5) is 0 Å². The molecule has 2 atom stereocenters. The zero-order valence-corrected chi connectivity index (χ0v) is 11.9. The van der Waals surface area contributed by atoms with Gasteiger partial charge in [-0.2, -0.15) is 0 Å². The van der Waals surface area contributed by atoms with Crippen LogP contribution in [0.25, 0.3) is 0 Å². The number of Topliss-reactive ketones (excluding diaryl/α,β-unsaturated/α-hetero) is 1. The fourth-order valence-electron chi connectivity index (χ4n) is 3.00. The first-order chi connectivity index (χ1) is 10.2. The van der Waals surface area contributed by atoms with Crippen LogP contribution >= 0.6 is 0 Å². The first-order valence-electron chi connectivity index (χ1n) is 7.08. The Bertz CT molecular complexity index is 651. The van der Waals surface area contributed by atoms with Gasteiger partial charge in [0.05, 0.1) is 0 Å². The van der Waals surface area contributed by atoms with Gasteiger partial charge >= 0.3 is 0 Å². The van der Waals surface area contributed by atoms with Gasteiger partial charge in [-0.1, -0.05) is 60.7 Å². The van der Waals surface area contributed by atoms with Crippen molar-refractivity contribution in [2.75, 3.05) is 7.05 Å². The summed E-state index contributed by atoms with van der Waals surface area (Å²) in [6.07, 6.45) is 0.393. The molecule has 0 bridgehead atoms. The van der Waals surface area contributed by atoms with Crippen molar-refractivity contribution in [2.24, 2.45) is 0 Å². The van der Waals surface area contributed by atoms with E-state index >= 15 is 0 Å². The van der Waals surface area contributed by atoms with Crippen LogP contribution in [0.5, 0.6) is 0 Å². The van der Waals surface area contributed by atoms with Crippen molar-refractivity contribution in [3.63, 3.8) is 0 Å². The standard InChI is InChI=1S/C18H17NO2/c1-19-16(20)12-15(13-8-4-2-5-9-13)17(19)18(21)14-10-6-3-7-11-14/h2-11,15,17H,12H2,1H3/t15-,17-/m0/s1. The highest BCUT2D eigenvalue weighted by Crippen LogP contribution is 2.35. The van der Waals surface area contributed by atoms with Gasteiger partial charge in [0.1, 0.15) is 6.04 Å². The minimum absolute atomic E-state index is 0.0119. The maximum absolute atomic E-state index is 12.8. The monoisotopic (exact) mass is 279 g/mol. The molecule has 0 aliphatic carbocycles. The zero-order valence-electron chi connectivity index (χ0n) is 11.9. The molecule has 0 radical (unpaired) electrons. The SMILES string of the molecule is CN1C(=O)C[C@@H](c2ccccc2)[C@H]1C(=O)c1ccccc1. The highest BCUT2D eigenvalue weighted by Gasteiger charge is 2.42. The zero-order chi connectivity index (χ0) is 14.8. The molecule has 21 heavy (non-hydrogen) atoms. The third kappa shape index (κ3) is 2.47. The Kier molecular flexibility index (Phi) is 3.57. The summed E-state index contributed by atoms with van der Waals surface area (Å²) in [7, 11) is 1.72. The molecule has 1 amide bonds. The van der Waals surface area contributed by atoms with Crippen molar-refractivity contribution >= 4 is 11.7 Å². The number of carbonyl (C=O) groups excluding carboxylic acids is 2. The van der Waals surface area contributed by atoms with E-state index in [4.69, 9.17) is 0 Å². The third-order valence-corrected chi connectivity index (χ3v) is 4.14. The molecule has 1 aliphatic rings. The van der Waals surface area contributed by atoms with E-state index in [0.29, 0.717) is 12.0 Å². The predicted octanol–water partition coefficient (Wildman–Crippen LogP) is 2.88. The fraction of sp³-hybridized carbons (Fsp3) is 0.222. The lowest BCUT2D eigenvalue weighted by Gasteiger charge is -2.24. The molecular weight excluding hydrogens is 262 g/mol. The summed E-state index contributed by atoms with van der Waals surface area (Å²) in [5.41, 5.74) is 1.70. The first-order valence-corrected chi connectivity index (χ1v) is 7.08. The molecule has 1 fully saturated rings. The first kappa shape index (κ1) is 13.6. The van der Waals surface area contributed by atoms with E-state index in [1.807, 2.05) is 48.5 Å². The highest BCUT2D eigenvalue weighted by atomic mass is 16.2. The second-order valence-corrected chi connectivity index (χ2v) is 5.40. The average molecular weight is 279 g/mol. The van der Waals surface area contributed by atoms with Crippen LogP contribution in [0.15, 0.2) is 60.7 Å². The summed E-state index contributed by atoms with van der Waals surface area (Å²) in [4.78, 5) is 26.5. The molecule has 2 aromatic rings. The number of ketones is 1. The summed E-state index contributed by atoms with van der Waals surface area (Å²) in [6, 6.07) is 18.6. The van der Waals surface area contributed by atoms with E-state index < -0.39 is 6.04 Å². The molecule has 3 rings (SSSR count). The predicted molar refractivity (Wildman–Crippen MR) is 81.1 cm³/mol. The minimum atomic E-state index is -0.415. The molecule has 0 unspecified atom stereocenters. The van der Waals surface area contributed by atoms with Gasteiger partial charge in [0.2, 0.25) is 5.91 Å². The van der Waals surface area contributed by atoms with Gasteiger partial charge in [0.25, 0.3) is 0 Å². The number of hydrogen-bond acceptors (Lipinski definition) is 2. The largest absolute Gasteiger partial charge is 0.335 e. The molecule has 1 saturated heterocycles. The quantitative estimate of drug-likeness (QED) is 0.810. The lowest BCUT2D eigenvalue weighted by atomic mass is 9.87. The molecule has 3 nitrogen and oxygen atoms in total. The van der Waals surface area contributed by atoms with Crippen LogP contribution in [0.1, 0.15) is 28.3 Å². The van der Waals surface area contributed by atoms with Crippen LogP contribution in [0.2, 0.25) is 0 Å². The number of benzene rings is 2. The van der Waals surface area contributed by atoms with Crippen molar-refractivity contribution in [2.45, 2.75) is 18.4 Å². The minimum Gasteiger partial charge on any atom is -0.335 e. The Hall–Kier alpha value is -2.42. The van der Waals surface area contributed by atoms with E-state index in [1.54, 1.807) is 24.1 Å². The van der Waals surface area contributed by atoms with Gasteiger partial charge in [-0.15, -0.1) is 0 Å². The van der Waals surface area contributed by atoms with E-state index in [0.717, 1.165) is 5.56 Å². The lowest BCUT2D eigenvalue weighted by molar-refractivity contribution is -0.127. The molecule has 0 N–H and O–H groups in total. The Morgan fingerprint density at radius 3 is 2.19 bits per heavy atom. The van der Waals surface area contributed by atoms with Gasteiger partial charge in [-0.3, -0.25) is 9.59 Å². The number of nitrogens with zero attached hydrogens (tertiary/aromatic N) is 1. The number of carbonyl (C=O) groups is 2. The van der Waals surface area contributed by atoms with Gasteiger partial charge in [0, 0.05) is 24.9 Å². The molecule has 3 heteroatoms. The molecule has 1 aliphatic heterocycles. The summed E-state index contributed by atoms with van der Waals surface area (Å²) in [6.45, 7) is 0. The maximum Gasteiger partial charge on any atom is 0.223 e. The van der Waals surface area contributed by atoms with Crippen molar-refractivity contribution < 1.29 is 9.59 Å². The second kappa shape index (κ2) is 5.52. The lowest BCUT2D eigenvalue weighted by Crippen LogP contribution is -2.38. The second-order valence-electron chi connectivity index (χ2n) is 5.40. The molecule has 106 valence electrons. The third-order valence-electron chi connectivity index (χ3n) is 4.14. The number of hydrogen-bond donors (Lipinski definition) is 0. The van der Waals surface area contributed by atoms with E-state index in [9.17, 15) is 9.59 Å². The molecule has 0 saturated carbocycles. The van der Waals surface area contributed by atoms with Gasteiger partial charge in [-0.25, -0.2) is 0 Å². The summed E-state index contributed by atoms with van der Waals surface area (Å²) >= 11 is 0. The van der Waals surface area contributed by atoms with E-state index in [-0.39, 0.29) is 17.6 Å². The Labute approximate surface area is 124 Å². The van der Waals surface area contributed by atoms with Crippen molar-refractivity contribution in [3.8, 4) is 0 Å². The highest BCUT2D eigenvalue weighted by molar-refractivity contribution is 6.04. The Morgan fingerprint density at radius 1 is 1.00 bits per heavy atom. The molecule has 2 aromatic carbocycles. The van der Waals surface area contributed by atoms with Gasteiger partial charge < -0.3 is 4.90 Å². The van der Waals surface area contributed by atoms with Crippen LogP contribution in [-0.2, 0) is 4.79 Å². The van der Waals surface area contributed by atoms with E-state index in [1.165, 1.54) is 0 Å².